The van der Waals surface area contributed by atoms with Gasteiger partial charge in [-0.25, -0.2) is 9.97 Å². The SMILES string of the molecule is COc1cccc(NC(=O)c2cnc(Nc3ccccc3C#N)cn2)c1. The number of benzene rings is 2. The van der Waals surface area contributed by atoms with Gasteiger partial charge in [-0.15, -0.1) is 0 Å². The van der Waals surface area contributed by atoms with E-state index in [0.29, 0.717) is 28.5 Å². The average molecular weight is 345 g/mol. The number of anilines is 3. The first-order valence-electron chi connectivity index (χ1n) is 7.73. The van der Waals surface area contributed by atoms with E-state index >= 15 is 0 Å². The minimum Gasteiger partial charge on any atom is -0.497 e. The first-order chi connectivity index (χ1) is 12.7. The third-order valence-corrected chi connectivity index (χ3v) is 3.52. The molecule has 0 aliphatic heterocycles. The third-order valence-electron chi connectivity index (χ3n) is 3.52. The number of carbonyl (C=O) groups is 1. The summed E-state index contributed by atoms with van der Waals surface area (Å²) < 4.78 is 5.12. The van der Waals surface area contributed by atoms with Gasteiger partial charge in [-0.05, 0) is 24.3 Å². The summed E-state index contributed by atoms with van der Waals surface area (Å²) in [6, 6.07) is 16.2. The quantitative estimate of drug-likeness (QED) is 0.735. The number of nitrogens with one attached hydrogen (secondary N) is 2. The van der Waals surface area contributed by atoms with Crippen LogP contribution in [0.3, 0.4) is 0 Å². The van der Waals surface area contributed by atoms with Gasteiger partial charge in [-0.2, -0.15) is 5.26 Å². The van der Waals surface area contributed by atoms with E-state index in [4.69, 9.17) is 10.00 Å². The van der Waals surface area contributed by atoms with Crippen molar-refractivity contribution in [3.63, 3.8) is 0 Å². The Morgan fingerprint density at radius 2 is 1.96 bits per heavy atom. The Hall–Kier alpha value is -3.92. The van der Waals surface area contributed by atoms with E-state index in [1.165, 1.54) is 12.4 Å². The zero-order valence-corrected chi connectivity index (χ0v) is 13.9. The average Bonchev–Trinajstić information content (AvgIpc) is 2.69. The first-order valence-corrected chi connectivity index (χ1v) is 7.73. The summed E-state index contributed by atoms with van der Waals surface area (Å²) in [6.45, 7) is 0. The highest BCUT2D eigenvalue weighted by atomic mass is 16.5. The summed E-state index contributed by atoms with van der Waals surface area (Å²) in [5.74, 6) is 0.699. The molecule has 1 heterocycles. The van der Waals surface area contributed by atoms with Gasteiger partial charge in [-0.1, -0.05) is 18.2 Å². The Labute approximate surface area is 150 Å². The van der Waals surface area contributed by atoms with E-state index in [1.807, 2.05) is 6.07 Å². The van der Waals surface area contributed by atoms with Crippen molar-refractivity contribution in [3.05, 3.63) is 72.2 Å². The van der Waals surface area contributed by atoms with Crippen LogP contribution in [0.4, 0.5) is 17.2 Å². The fourth-order valence-electron chi connectivity index (χ4n) is 2.23. The molecular weight excluding hydrogens is 330 g/mol. The molecule has 0 fully saturated rings. The van der Waals surface area contributed by atoms with E-state index in [2.05, 4.69) is 26.7 Å². The number of hydrogen-bond donors (Lipinski definition) is 2. The standard InChI is InChI=1S/C19H15N5O2/c1-26-15-7-4-6-14(9-15)23-19(25)17-11-22-18(12-21-17)24-16-8-3-2-5-13(16)10-20/h2-9,11-12H,1H3,(H,22,24)(H,23,25). The van der Waals surface area contributed by atoms with Crippen LogP contribution in [0.5, 0.6) is 5.75 Å². The Kier molecular flexibility index (Phi) is 5.05. The largest absolute Gasteiger partial charge is 0.497 e. The molecule has 7 heteroatoms. The molecule has 0 spiro atoms. The van der Waals surface area contributed by atoms with E-state index in [9.17, 15) is 4.79 Å². The monoisotopic (exact) mass is 345 g/mol. The summed E-state index contributed by atoms with van der Waals surface area (Å²) in [6.07, 6.45) is 2.81. The van der Waals surface area contributed by atoms with Crippen LogP contribution < -0.4 is 15.4 Å². The summed E-state index contributed by atoms with van der Waals surface area (Å²) in [4.78, 5) is 20.6. The summed E-state index contributed by atoms with van der Waals surface area (Å²) >= 11 is 0. The maximum atomic E-state index is 12.3. The van der Waals surface area contributed by atoms with Crippen LogP contribution >= 0.6 is 0 Å². The lowest BCUT2D eigenvalue weighted by Gasteiger charge is -2.08. The second-order valence-electron chi connectivity index (χ2n) is 5.26. The van der Waals surface area contributed by atoms with Crippen LogP contribution in [0.15, 0.2) is 60.9 Å². The molecular formula is C19H15N5O2. The predicted octanol–water partition coefficient (Wildman–Crippen LogP) is 3.35. The number of amides is 1. The fraction of sp³-hybridized carbons (Fsp3) is 0.0526. The maximum Gasteiger partial charge on any atom is 0.275 e. The maximum absolute atomic E-state index is 12.3. The van der Waals surface area contributed by atoms with Crippen LogP contribution in [0.25, 0.3) is 0 Å². The lowest BCUT2D eigenvalue weighted by molar-refractivity contribution is 0.102. The number of carbonyl (C=O) groups excluding carboxylic acids is 1. The highest BCUT2D eigenvalue weighted by Gasteiger charge is 2.10. The Morgan fingerprint density at radius 3 is 2.69 bits per heavy atom. The number of aromatic nitrogens is 2. The molecule has 128 valence electrons. The minimum absolute atomic E-state index is 0.173. The molecule has 7 nitrogen and oxygen atoms in total. The number of rotatable bonds is 5. The van der Waals surface area contributed by atoms with E-state index < -0.39 is 0 Å². The molecule has 3 aromatic rings. The predicted molar refractivity (Wildman–Crippen MR) is 97.4 cm³/mol. The van der Waals surface area contributed by atoms with Crippen molar-refractivity contribution < 1.29 is 9.53 Å². The van der Waals surface area contributed by atoms with Crippen molar-refractivity contribution in [1.82, 2.24) is 9.97 Å². The molecule has 0 aliphatic carbocycles. The molecule has 0 radical (unpaired) electrons. The number of hydrogen-bond acceptors (Lipinski definition) is 6. The van der Waals surface area contributed by atoms with E-state index in [0.717, 1.165) is 0 Å². The van der Waals surface area contributed by atoms with Gasteiger partial charge in [0, 0.05) is 11.8 Å². The van der Waals surface area contributed by atoms with Crippen molar-refractivity contribution in [1.29, 1.82) is 5.26 Å². The molecule has 2 N–H and O–H groups in total. The van der Waals surface area contributed by atoms with Crippen LogP contribution in [-0.4, -0.2) is 23.0 Å². The normalized spacial score (nSPS) is 9.85. The third kappa shape index (κ3) is 3.94. The van der Waals surface area contributed by atoms with E-state index in [-0.39, 0.29) is 11.6 Å². The molecule has 26 heavy (non-hydrogen) atoms. The Bertz CT molecular complexity index is 964. The zero-order valence-electron chi connectivity index (χ0n) is 13.9. The second kappa shape index (κ2) is 7.77. The molecule has 0 saturated carbocycles. The number of methoxy groups -OCH3 is 1. The second-order valence-corrected chi connectivity index (χ2v) is 5.26. The number of nitriles is 1. The fourth-order valence-corrected chi connectivity index (χ4v) is 2.23. The van der Waals surface area contributed by atoms with Crippen LogP contribution in [0.2, 0.25) is 0 Å². The molecule has 0 atom stereocenters. The molecule has 0 aliphatic rings. The smallest absolute Gasteiger partial charge is 0.275 e. The molecule has 0 bridgehead atoms. The number of para-hydroxylation sites is 1. The molecule has 3 rings (SSSR count). The van der Waals surface area contributed by atoms with Gasteiger partial charge in [0.1, 0.15) is 23.3 Å². The van der Waals surface area contributed by atoms with Crippen LogP contribution in [-0.2, 0) is 0 Å². The summed E-state index contributed by atoms with van der Waals surface area (Å²) in [5.41, 5.74) is 1.89. The lowest BCUT2D eigenvalue weighted by Crippen LogP contribution is -2.14. The van der Waals surface area contributed by atoms with Gasteiger partial charge in [-0.3, -0.25) is 4.79 Å². The first kappa shape index (κ1) is 16.9. The van der Waals surface area contributed by atoms with Gasteiger partial charge < -0.3 is 15.4 Å². The van der Waals surface area contributed by atoms with Gasteiger partial charge in [0.2, 0.25) is 0 Å². The number of ether oxygens (including phenoxy) is 1. The highest BCUT2D eigenvalue weighted by molar-refractivity contribution is 6.02. The highest BCUT2D eigenvalue weighted by Crippen LogP contribution is 2.19. The van der Waals surface area contributed by atoms with Gasteiger partial charge in [0.15, 0.2) is 0 Å². The lowest BCUT2D eigenvalue weighted by atomic mass is 10.2. The minimum atomic E-state index is -0.380. The molecule has 0 saturated heterocycles. The molecule has 1 amide bonds. The zero-order chi connectivity index (χ0) is 18.4. The summed E-state index contributed by atoms with van der Waals surface area (Å²) in [5, 5.41) is 14.8. The Morgan fingerprint density at radius 1 is 1.12 bits per heavy atom. The molecule has 0 unspecified atom stereocenters. The molecule has 1 aromatic heterocycles. The van der Waals surface area contributed by atoms with Crippen molar-refractivity contribution in [2.75, 3.05) is 17.7 Å². The van der Waals surface area contributed by atoms with Gasteiger partial charge >= 0.3 is 0 Å². The summed E-state index contributed by atoms with van der Waals surface area (Å²) in [7, 11) is 1.56. The van der Waals surface area contributed by atoms with Crippen molar-refractivity contribution in [2.45, 2.75) is 0 Å². The Balaban J connectivity index is 1.70. The van der Waals surface area contributed by atoms with Crippen LogP contribution in [0.1, 0.15) is 16.1 Å². The number of nitrogens with zero attached hydrogens (tertiary/aromatic N) is 3. The van der Waals surface area contributed by atoms with Gasteiger partial charge in [0.05, 0.1) is 30.8 Å². The van der Waals surface area contributed by atoms with Crippen molar-refractivity contribution in [3.8, 4) is 11.8 Å². The van der Waals surface area contributed by atoms with Crippen molar-refractivity contribution >= 4 is 23.1 Å². The van der Waals surface area contributed by atoms with Crippen LogP contribution in [0, 0.1) is 11.3 Å². The van der Waals surface area contributed by atoms with Crippen molar-refractivity contribution in [2.24, 2.45) is 0 Å². The van der Waals surface area contributed by atoms with Gasteiger partial charge in [0.25, 0.3) is 5.91 Å². The molecule has 2 aromatic carbocycles. The van der Waals surface area contributed by atoms with E-state index in [1.54, 1.807) is 49.6 Å². The topological polar surface area (TPSA) is 99.9 Å².